The molecular formula is C7H11NO2. The first-order chi connectivity index (χ1) is 4.70. The van der Waals surface area contributed by atoms with Gasteiger partial charge in [-0.2, -0.15) is 0 Å². The number of aldehydes is 1. The van der Waals surface area contributed by atoms with Gasteiger partial charge in [0, 0.05) is 6.92 Å². The molecule has 0 bridgehead atoms. The van der Waals surface area contributed by atoms with Crippen molar-refractivity contribution in [2.75, 3.05) is 0 Å². The first kappa shape index (κ1) is 8.88. The normalized spacial score (nSPS) is 11.7. The fraction of sp³-hybridized carbons (Fsp3) is 0.429. The van der Waals surface area contributed by atoms with Gasteiger partial charge in [0.25, 0.3) is 0 Å². The average molecular weight is 141 g/mol. The number of carbonyl (C=O) groups excluding carboxylic acids is 2. The van der Waals surface area contributed by atoms with Crippen LogP contribution in [0.2, 0.25) is 0 Å². The first-order valence-electron chi connectivity index (χ1n) is 3.04. The number of nitrogens with one attached hydrogen (secondary N) is 1. The van der Waals surface area contributed by atoms with Crippen LogP contribution < -0.4 is 5.32 Å². The summed E-state index contributed by atoms with van der Waals surface area (Å²) in [5.74, 6) is -0.195. The lowest BCUT2D eigenvalue weighted by atomic mass is 10.2. The summed E-state index contributed by atoms with van der Waals surface area (Å²) >= 11 is 0. The molecule has 0 radical (unpaired) electrons. The van der Waals surface area contributed by atoms with Crippen molar-refractivity contribution in [2.45, 2.75) is 19.4 Å². The summed E-state index contributed by atoms with van der Waals surface area (Å²) in [5, 5.41) is 2.45. The van der Waals surface area contributed by atoms with Gasteiger partial charge in [-0.05, 0) is 6.42 Å². The Kier molecular flexibility index (Phi) is 4.20. The monoisotopic (exact) mass is 141 g/mol. The number of carbonyl (C=O) groups is 2. The van der Waals surface area contributed by atoms with E-state index in [-0.39, 0.29) is 5.91 Å². The molecule has 0 fully saturated rings. The zero-order valence-electron chi connectivity index (χ0n) is 5.96. The van der Waals surface area contributed by atoms with Gasteiger partial charge in [-0.15, -0.1) is 6.58 Å². The molecule has 3 nitrogen and oxygen atoms in total. The minimum absolute atomic E-state index is 0.195. The Hall–Kier alpha value is -1.12. The van der Waals surface area contributed by atoms with Gasteiger partial charge in [-0.1, -0.05) is 6.08 Å². The van der Waals surface area contributed by atoms with E-state index in [1.54, 1.807) is 6.08 Å². The zero-order valence-corrected chi connectivity index (χ0v) is 5.96. The summed E-state index contributed by atoms with van der Waals surface area (Å²) in [6.45, 7) is 4.82. The van der Waals surface area contributed by atoms with Crippen LogP contribution in [-0.4, -0.2) is 18.2 Å². The number of amides is 1. The smallest absolute Gasteiger partial charge is 0.217 e. The van der Waals surface area contributed by atoms with Crippen molar-refractivity contribution < 1.29 is 9.59 Å². The van der Waals surface area contributed by atoms with Crippen molar-refractivity contribution in [3.05, 3.63) is 12.7 Å². The molecule has 0 heterocycles. The molecule has 0 spiro atoms. The third-order valence-corrected chi connectivity index (χ3v) is 0.974. The maximum Gasteiger partial charge on any atom is 0.217 e. The van der Waals surface area contributed by atoms with Gasteiger partial charge in [0.05, 0.1) is 6.04 Å². The van der Waals surface area contributed by atoms with E-state index in [0.29, 0.717) is 12.7 Å². The van der Waals surface area contributed by atoms with Crippen LogP contribution in [0, 0.1) is 0 Å². The van der Waals surface area contributed by atoms with Crippen LogP contribution in [0.5, 0.6) is 0 Å². The first-order valence-corrected chi connectivity index (χ1v) is 3.04. The minimum Gasteiger partial charge on any atom is -0.347 e. The fourth-order valence-corrected chi connectivity index (χ4v) is 0.589. The largest absolute Gasteiger partial charge is 0.347 e. The van der Waals surface area contributed by atoms with Crippen LogP contribution in [0.15, 0.2) is 12.7 Å². The van der Waals surface area contributed by atoms with E-state index in [4.69, 9.17) is 0 Å². The lowest BCUT2D eigenvalue weighted by Gasteiger charge is -2.06. The second-order valence-corrected chi connectivity index (χ2v) is 1.97. The number of hydrogen-bond donors (Lipinski definition) is 1. The minimum atomic E-state index is -0.407. The molecule has 0 saturated carbocycles. The highest BCUT2D eigenvalue weighted by Crippen LogP contribution is 1.87. The summed E-state index contributed by atoms with van der Waals surface area (Å²) in [6, 6.07) is -0.407. The lowest BCUT2D eigenvalue weighted by molar-refractivity contribution is -0.122. The molecule has 1 unspecified atom stereocenters. The van der Waals surface area contributed by atoms with Crippen molar-refractivity contribution in [3.63, 3.8) is 0 Å². The van der Waals surface area contributed by atoms with Crippen LogP contribution in [0.25, 0.3) is 0 Å². The number of rotatable bonds is 4. The van der Waals surface area contributed by atoms with E-state index in [1.165, 1.54) is 6.92 Å². The molecule has 1 atom stereocenters. The van der Waals surface area contributed by atoms with Gasteiger partial charge in [-0.25, -0.2) is 0 Å². The molecule has 0 aliphatic carbocycles. The molecular weight excluding hydrogens is 130 g/mol. The fourth-order valence-electron chi connectivity index (χ4n) is 0.589. The third kappa shape index (κ3) is 3.83. The predicted octanol–water partition coefficient (Wildman–Crippen LogP) is 0.266. The Bertz CT molecular complexity index is 143. The van der Waals surface area contributed by atoms with Crippen LogP contribution in [0.3, 0.4) is 0 Å². The van der Waals surface area contributed by atoms with E-state index < -0.39 is 6.04 Å². The van der Waals surface area contributed by atoms with Gasteiger partial charge in [0.1, 0.15) is 6.29 Å². The second-order valence-electron chi connectivity index (χ2n) is 1.97. The molecule has 1 amide bonds. The van der Waals surface area contributed by atoms with E-state index in [2.05, 4.69) is 11.9 Å². The highest BCUT2D eigenvalue weighted by Gasteiger charge is 2.03. The van der Waals surface area contributed by atoms with Crippen LogP contribution in [0.1, 0.15) is 13.3 Å². The SMILES string of the molecule is C=CCC(C=O)NC(C)=O. The maximum atomic E-state index is 10.4. The van der Waals surface area contributed by atoms with Gasteiger partial charge < -0.3 is 10.1 Å². The Morgan fingerprint density at radius 1 is 1.80 bits per heavy atom. The molecule has 3 heteroatoms. The third-order valence-electron chi connectivity index (χ3n) is 0.974. The summed E-state index contributed by atoms with van der Waals surface area (Å²) in [7, 11) is 0. The van der Waals surface area contributed by atoms with Crippen molar-refractivity contribution in [1.29, 1.82) is 0 Å². The molecule has 10 heavy (non-hydrogen) atoms. The van der Waals surface area contributed by atoms with Crippen LogP contribution in [-0.2, 0) is 9.59 Å². The Labute approximate surface area is 60.1 Å². The molecule has 0 saturated heterocycles. The molecule has 56 valence electrons. The molecule has 1 N–H and O–H groups in total. The maximum absolute atomic E-state index is 10.4. The quantitative estimate of drug-likeness (QED) is 0.451. The molecule has 0 aromatic heterocycles. The Morgan fingerprint density at radius 3 is 2.70 bits per heavy atom. The van der Waals surface area contributed by atoms with E-state index in [0.717, 1.165) is 0 Å². The zero-order chi connectivity index (χ0) is 7.98. The highest BCUT2D eigenvalue weighted by atomic mass is 16.2. The van der Waals surface area contributed by atoms with Crippen molar-refractivity contribution >= 4 is 12.2 Å². The van der Waals surface area contributed by atoms with Crippen molar-refractivity contribution in [3.8, 4) is 0 Å². The van der Waals surface area contributed by atoms with Crippen LogP contribution >= 0.6 is 0 Å². The Morgan fingerprint density at radius 2 is 2.40 bits per heavy atom. The van der Waals surface area contributed by atoms with Crippen molar-refractivity contribution in [1.82, 2.24) is 5.32 Å². The molecule has 0 rings (SSSR count). The molecule has 0 aromatic rings. The molecule has 0 aromatic carbocycles. The molecule has 0 aliphatic heterocycles. The summed E-state index contributed by atoms with van der Waals surface area (Å²) in [6.07, 6.45) is 2.78. The highest BCUT2D eigenvalue weighted by molar-refractivity contribution is 5.77. The van der Waals surface area contributed by atoms with E-state index in [1.807, 2.05) is 0 Å². The second kappa shape index (κ2) is 4.73. The van der Waals surface area contributed by atoms with Crippen molar-refractivity contribution in [2.24, 2.45) is 0 Å². The Balaban J connectivity index is 3.70. The topological polar surface area (TPSA) is 46.2 Å². The van der Waals surface area contributed by atoms with Gasteiger partial charge in [0.2, 0.25) is 5.91 Å². The van der Waals surface area contributed by atoms with E-state index in [9.17, 15) is 9.59 Å². The lowest BCUT2D eigenvalue weighted by Crippen LogP contribution is -2.33. The van der Waals surface area contributed by atoms with Crippen LogP contribution in [0.4, 0.5) is 0 Å². The standard InChI is InChI=1S/C7H11NO2/c1-3-4-7(5-9)8-6(2)10/h3,5,7H,1,4H2,2H3,(H,8,10). The summed E-state index contributed by atoms with van der Waals surface area (Å²) in [5.41, 5.74) is 0. The molecule has 0 aliphatic rings. The van der Waals surface area contributed by atoms with Gasteiger partial charge in [0.15, 0.2) is 0 Å². The summed E-state index contributed by atoms with van der Waals surface area (Å²) in [4.78, 5) is 20.6. The van der Waals surface area contributed by atoms with Gasteiger partial charge >= 0.3 is 0 Å². The van der Waals surface area contributed by atoms with E-state index >= 15 is 0 Å². The predicted molar refractivity (Wildman–Crippen MR) is 38.5 cm³/mol. The number of hydrogen-bond acceptors (Lipinski definition) is 2. The average Bonchev–Trinajstić information content (AvgIpc) is 1.86. The summed E-state index contributed by atoms with van der Waals surface area (Å²) < 4.78 is 0. The van der Waals surface area contributed by atoms with Gasteiger partial charge in [-0.3, -0.25) is 4.79 Å².